The fraction of sp³-hybridized carbons (Fsp3) is 0.231. The van der Waals surface area contributed by atoms with E-state index < -0.39 is 0 Å². The molecule has 0 radical (unpaired) electrons. The van der Waals surface area contributed by atoms with E-state index in [0.717, 1.165) is 19.9 Å². The molecule has 0 aliphatic heterocycles. The molecule has 7 heteroatoms. The Balaban J connectivity index is 1.97. The van der Waals surface area contributed by atoms with Gasteiger partial charge in [0.05, 0.1) is 19.2 Å². The summed E-state index contributed by atoms with van der Waals surface area (Å²) in [5, 5.41) is 3.65. The van der Waals surface area contributed by atoms with Gasteiger partial charge in [0.15, 0.2) is 5.15 Å². The van der Waals surface area contributed by atoms with E-state index in [-0.39, 0.29) is 5.97 Å². The first kappa shape index (κ1) is 15.3. The zero-order valence-corrected chi connectivity index (χ0v) is 13.8. The lowest BCUT2D eigenvalue weighted by molar-refractivity contribution is -0.139. The van der Waals surface area contributed by atoms with Crippen LogP contribution in [-0.4, -0.2) is 18.1 Å². The van der Waals surface area contributed by atoms with Gasteiger partial charge >= 0.3 is 5.97 Å². The van der Waals surface area contributed by atoms with Crippen molar-refractivity contribution in [1.82, 2.24) is 4.98 Å². The van der Waals surface area contributed by atoms with Crippen molar-refractivity contribution in [2.75, 3.05) is 12.4 Å². The molecule has 0 bridgehead atoms. The van der Waals surface area contributed by atoms with E-state index in [1.165, 1.54) is 7.11 Å². The number of thiophene rings is 1. The number of esters is 1. The van der Waals surface area contributed by atoms with Crippen LogP contribution in [0.5, 0.6) is 0 Å². The van der Waals surface area contributed by atoms with Crippen LogP contribution in [0.25, 0.3) is 0 Å². The molecule has 0 unspecified atom stereocenters. The van der Waals surface area contributed by atoms with E-state index >= 15 is 0 Å². The van der Waals surface area contributed by atoms with Crippen molar-refractivity contribution in [3.63, 3.8) is 0 Å². The second-order valence-electron chi connectivity index (χ2n) is 3.97. The van der Waals surface area contributed by atoms with Gasteiger partial charge in [-0.3, -0.25) is 4.79 Å². The largest absolute Gasteiger partial charge is 0.469 e. The zero-order chi connectivity index (χ0) is 14.5. The van der Waals surface area contributed by atoms with Gasteiger partial charge in [0.2, 0.25) is 0 Å². The van der Waals surface area contributed by atoms with E-state index in [1.807, 2.05) is 18.2 Å². The molecule has 0 aromatic carbocycles. The lowest BCUT2D eigenvalue weighted by atomic mass is 10.3. The number of ether oxygens (including phenoxy) is 1. The van der Waals surface area contributed by atoms with Gasteiger partial charge in [-0.2, -0.15) is 0 Å². The van der Waals surface area contributed by atoms with E-state index in [4.69, 9.17) is 11.6 Å². The molecule has 0 saturated heterocycles. The molecular formula is C13H12BrClN2O2S. The molecule has 0 aliphatic rings. The summed E-state index contributed by atoms with van der Waals surface area (Å²) in [5.41, 5.74) is 0.768. The summed E-state index contributed by atoms with van der Waals surface area (Å²) in [4.78, 5) is 17.3. The first-order chi connectivity index (χ1) is 9.58. The van der Waals surface area contributed by atoms with Gasteiger partial charge in [0, 0.05) is 27.0 Å². The van der Waals surface area contributed by atoms with Gasteiger partial charge in [-0.1, -0.05) is 11.6 Å². The predicted molar refractivity (Wildman–Crippen MR) is 84.3 cm³/mol. The standard InChI is InChI=1S/C13H12BrClN2O2S/c1-19-12(18)5-9-2-3-10(20-9)7-16-11-4-8(14)6-17-13(11)15/h2-4,6,16H,5,7H2,1H3. The second-order valence-corrected chi connectivity index (χ2v) is 6.49. The minimum atomic E-state index is -0.231. The van der Waals surface area contributed by atoms with E-state index in [1.54, 1.807) is 17.5 Å². The summed E-state index contributed by atoms with van der Waals surface area (Å²) in [5.74, 6) is -0.231. The van der Waals surface area contributed by atoms with Crippen molar-refractivity contribution in [1.29, 1.82) is 0 Å². The van der Waals surface area contributed by atoms with Crippen molar-refractivity contribution in [3.8, 4) is 0 Å². The Kier molecular flexibility index (Phi) is 5.39. The Bertz CT molecular complexity index is 618. The van der Waals surface area contributed by atoms with Crippen molar-refractivity contribution in [2.45, 2.75) is 13.0 Å². The molecule has 0 atom stereocenters. The number of halogens is 2. The van der Waals surface area contributed by atoms with Crippen LogP contribution >= 0.6 is 38.9 Å². The molecule has 1 N–H and O–H groups in total. The first-order valence-electron chi connectivity index (χ1n) is 5.78. The van der Waals surface area contributed by atoms with Gasteiger partial charge in [-0.25, -0.2) is 4.98 Å². The predicted octanol–water partition coefficient (Wildman–Crippen LogP) is 3.89. The average molecular weight is 376 g/mol. The maximum atomic E-state index is 11.2. The number of anilines is 1. The fourth-order valence-corrected chi connectivity index (χ4v) is 3.00. The highest BCUT2D eigenvalue weighted by Gasteiger charge is 2.07. The van der Waals surface area contributed by atoms with Gasteiger partial charge in [-0.05, 0) is 34.1 Å². The van der Waals surface area contributed by atoms with Crippen LogP contribution in [0.1, 0.15) is 9.75 Å². The number of nitrogens with zero attached hydrogens (tertiary/aromatic N) is 1. The molecule has 2 aromatic rings. The average Bonchev–Trinajstić information content (AvgIpc) is 2.87. The number of hydrogen-bond acceptors (Lipinski definition) is 5. The molecule has 2 rings (SSSR count). The van der Waals surface area contributed by atoms with Crippen LogP contribution in [0.4, 0.5) is 5.69 Å². The molecule has 106 valence electrons. The number of rotatable bonds is 5. The molecule has 0 fully saturated rings. The molecular weight excluding hydrogens is 364 g/mol. The zero-order valence-electron chi connectivity index (χ0n) is 10.7. The molecule has 0 spiro atoms. The molecule has 0 saturated carbocycles. The van der Waals surface area contributed by atoms with Crippen LogP contribution in [0.15, 0.2) is 28.9 Å². The number of pyridine rings is 1. The minimum absolute atomic E-state index is 0.231. The summed E-state index contributed by atoms with van der Waals surface area (Å²) < 4.78 is 5.51. The SMILES string of the molecule is COC(=O)Cc1ccc(CNc2cc(Br)cnc2Cl)s1. The normalized spacial score (nSPS) is 10.3. The van der Waals surface area contributed by atoms with E-state index in [0.29, 0.717) is 18.1 Å². The van der Waals surface area contributed by atoms with Crippen LogP contribution in [-0.2, 0) is 22.5 Å². The third-order valence-electron chi connectivity index (χ3n) is 2.52. The number of carbonyl (C=O) groups is 1. The van der Waals surface area contributed by atoms with Crippen molar-refractivity contribution < 1.29 is 9.53 Å². The van der Waals surface area contributed by atoms with Gasteiger partial charge < -0.3 is 10.1 Å². The van der Waals surface area contributed by atoms with Crippen LogP contribution in [0.3, 0.4) is 0 Å². The van der Waals surface area contributed by atoms with Crippen molar-refractivity contribution >= 4 is 50.5 Å². The molecule has 4 nitrogen and oxygen atoms in total. The molecule has 0 amide bonds. The number of aromatic nitrogens is 1. The van der Waals surface area contributed by atoms with Crippen LogP contribution in [0.2, 0.25) is 5.15 Å². The maximum absolute atomic E-state index is 11.2. The van der Waals surface area contributed by atoms with Crippen LogP contribution < -0.4 is 5.32 Å². The number of nitrogens with one attached hydrogen (secondary N) is 1. The summed E-state index contributed by atoms with van der Waals surface area (Å²) in [6.45, 7) is 0.629. The Morgan fingerprint density at radius 2 is 2.25 bits per heavy atom. The number of methoxy groups -OCH3 is 1. The van der Waals surface area contributed by atoms with Gasteiger partial charge in [-0.15, -0.1) is 11.3 Å². The van der Waals surface area contributed by atoms with E-state index in [2.05, 4.69) is 31.0 Å². The van der Waals surface area contributed by atoms with Gasteiger partial charge in [0.25, 0.3) is 0 Å². The Morgan fingerprint density at radius 3 is 3.00 bits per heavy atom. The Labute approximate surface area is 134 Å². The summed E-state index contributed by atoms with van der Waals surface area (Å²) in [6, 6.07) is 5.78. The van der Waals surface area contributed by atoms with E-state index in [9.17, 15) is 4.79 Å². The topological polar surface area (TPSA) is 51.2 Å². The summed E-state index contributed by atoms with van der Waals surface area (Å²) >= 11 is 10.9. The Morgan fingerprint density at radius 1 is 1.50 bits per heavy atom. The monoisotopic (exact) mass is 374 g/mol. The molecule has 0 aliphatic carbocycles. The lowest BCUT2D eigenvalue weighted by Crippen LogP contribution is -2.02. The Hall–Kier alpha value is -1.11. The fourth-order valence-electron chi connectivity index (χ4n) is 1.56. The maximum Gasteiger partial charge on any atom is 0.310 e. The molecule has 2 heterocycles. The lowest BCUT2D eigenvalue weighted by Gasteiger charge is -2.06. The van der Waals surface area contributed by atoms with Crippen molar-refractivity contribution in [2.24, 2.45) is 0 Å². The molecule has 20 heavy (non-hydrogen) atoms. The highest BCUT2D eigenvalue weighted by molar-refractivity contribution is 9.10. The van der Waals surface area contributed by atoms with Crippen molar-refractivity contribution in [3.05, 3.63) is 43.8 Å². The summed E-state index contributed by atoms with van der Waals surface area (Å²) in [7, 11) is 1.39. The van der Waals surface area contributed by atoms with Crippen LogP contribution in [0, 0.1) is 0 Å². The smallest absolute Gasteiger partial charge is 0.310 e. The third kappa shape index (κ3) is 4.19. The number of carbonyl (C=O) groups excluding carboxylic acids is 1. The highest BCUT2D eigenvalue weighted by atomic mass is 79.9. The summed E-state index contributed by atoms with van der Waals surface area (Å²) in [6.07, 6.45) is 1.95. The second kappa shape index (κ2) is 7.06. The quantitative estimate of drug-likeness (QED) is 0.636. The highest BCUT2D eigenvalue weighted by Crippen LogP contribution is 2.25. The number of hydrogen-bond donors (Lipinski definition) is 1. The molecule has 2 aromatic heterocycles. The van der Waals surface area contributed by atoms with Gasteiger partial charge in [0.1, 0.15) is 0 Å². The first-order valence-corrected chi connectivity index (χ1v) is 7.76. The minimum Gasteiger partial charge on any atom is -0.469 e. The third-order valence-corrected chi connectivity index (χ3v) is 4.34.